The van der Waals surface area contributed by atoms with Crippen molar-refractivity contribution in [2.75, 3.05) is 6.61 Å². The summed E-state index contributed by atoms with van der Waals surface area (Å²) in [5.41, 5.74) is 1.51. The number of benzene rings is 4. The number of halogens is 2. The first-order valence-corrected chi connectivity index (χ1v) is 13.8. The zero-order valence-corrected chi connectivity index (χ0v) is 23.6. The minimum Gasteiger partial charge on any atom is -0.483 e. The van der Waals surface area contributed by atoms with Gasteiger partial charge in [-0.25, -0.2) is 0 Å². The number of amides is 2. The molecule has 2 amide bonds. The van der Waals surface area contributed by atoms with Gasteiger partial charge in [-0.2, -0.15) is 0 Å². The van der Waals surface area contributed by atoms with Gasteiger partial charge in [0, 0.05) is 40.0 Å². The quantitative estimate of drug-likeness (QED) is 0.212. The smallest absolute Gasteiger partial charge is 0.261 e. The number of rotatable bonds is 11. The molecule has 1 N–H and O–H groups in total. The first-order valence-electron chi connectivity index (χ1n) is 13.0. The van der Waals surface area contributed by atoms with Crippen LogP contribution in [-0.4, -0.2) is 35.4 Å². The van der Waals surface area contributed by atoms with Crippen LogP contribution in [0.3, 0.4) is 0 Å². The van der Waals surface area contributed by atoms with Crippen LogP contribution in [0.5, 0.6) is 5.75 Å². The molecule has 4 aromatic rings. The molecular formula is C32H32Cl2N2O3. The molecule has 0 aliphatic carbocycles. The van der Waals surface area contributed by atoms with E-state index in [0.717, 1.165) is 22.8 Å². The number of ether oxygens (including phenoxy) is 1. The minimum atomic E-state index is -0.808. The predicted octanol–water partition coefficient (Wildman–Crippen LogP) is 7.08. The van der Waals surface area contributed by atoms with E-state index < -0.39 is 6.04 Å². The van der Waals surface area contributed by atoms with E-state index in [-0.39, 0.29) is 31.0 Å². The number of hydrogen-bond acceptors (Lipinski definition) is 3. The fourth-order valence-electron chi connectivity index (χ4n) is 4.39. The zero-order chi connectivity index (χ0) is 27.8. The third kappa shape index (κ3) is 7.31. The third-order valence-electron chi connectivity index (χ3n) is 6.76. The Morgan fingerprint density at radius 3 is 2.23 bits per heavy atom. The van der Waals surface area contributed by atoms with Crippen molar-refractivity contribution in [2.24, 2.45) is 0 Å². The summed E-state index contributed by atoms with van der Waals surface area (Å²) in [6.45, 7) is 3.75. The molecule has 2 atom stereocenters. The lowest BCUT2D eigenvalue weighted by Gasteiger charge is -2.32. The highest BCUT2D eigenvalue weighted by atomic mass is 35.5. The largest absolute Gasteiger partial charge is 0.483 e. The van der Waals surface area contributed by atoms with Gasteiger partial charge >= 0.3 is 0 Å². The second-order valence-electron chi connectivity index (χ2n) is 9.51. The van der Waals surface area contributed by atoms with Gasteiger partial charge in [-0.05, 0) is 42.5 Å². The van der Waals surface area contributed by atoms with Gasteiger partial charge in [-0.1, -0.05) is 103 Å². The van der Waals surface area contributed by atoms with Gasteiger partial charge in [0.15, 0.2) is 6.61 Å². The van der Waals surface area contributed by atoms with Crippen molar-refractivity contribution in [1.29, 1.82) is 0 Å². The summed E-state index contributed by atoms with van der Waals surface area (Å²) in [5, 5.41) is 5.83. The van der Waals surface area contributed by atoms with Gasteiger partial charge in [0.05, 0.1) is 0 Å². The van der Waals surface area contributed by atoms with Crippen LogP contribution in [0, 0.1) is 0 Å². The molecule has 2 unspecified atom stereocenters. The van der Waals surface area contributed by atoms with Crippen LogP contribution in [0.15, 0.2) is 91.0 Å². The summed E-state index contributed by atoms with van der Waals surface area (Å²) in [6, 6.07) is 27.5. The average molecular weight is 564 g/mol. The minimum absolute atomic E-state index is 0.0523. The molecule has 5 nitrogen and oxygen atoms in total. The molecule has 0 radical (unpaired) electrons. The predicted molar refractivity (Wildman–Crippen MR) is 158 cm³/mol. The van der Waals surface area contributed by atoms with E-state index in [1.54, 1.807) is 18.2 Å². The maximum Gasteiger partial charge on any atom is 0.261 e. The Hall–Kier alpha value is -3.54. The molecule has 0 heterocycles. The van der Waals surface area contributed by atoms with E-state index in [0.29, 0.717) is 27.8 Å². The van der Waals surface area contributed by atoms with Crippen LogP contribution in [0.25, 0.3) is 10.8 Å². The molecule has 4 aromatic carbocycles. The van der Waals surface area contributed by atoms with E-state index in [1.165, 1.54) is 4.90 Å². The van der Waals surface area contributed by atoms with Gasteiger partial charge in [0.2, 0.25) is 5.91 Å². The third-order valence-corrected chi connectivity index (χ3v) is 7.47. The SMILES string of the molecule is CCC(C)NC(=O)C(Cc1ccccc1)N(Cc1c(Cl)cccc1Cl)C(=O)COc1cccc2ccccc12. The van der Waals surface area contributed by atoms with Crippen LogP contribution in [-0.2, 0) is 22.6 Å². The molecule has 0 aromatic heterocycles. The van der Waals surface area contributed by atoms with Gasteiger partial charge in [-0.3, -0.25) is 9.59 Å². The molecular weight excluding hydrogens is 531 g/mol. The monoisotopic (exact) mass is 562 g/mol. The van der Waals surface area contributed by atoms with Crippen molar-refractivity contribution in [3.8, 4) is 5.75 Å². The van der Waals surface area contributed by atoms with E-state index in [9.17, 15) is 9.59 Å². The van der Waals surface area contributed by atoms with Gasteiger partial charge in [-0.15, -0.1) is 0 Å². The van der Waals surface area contributed by atoms with Crippen LogP contribution in [0.2, 0.25) is 10.0 Å². The molecule has 7 heteroatoms. The maximum atomic E-state index is 13.9. The molecule has 0 fully saturated rings. The maximum absolute atomic E-state index is 13.9. The van der Waals surface area contributed by atoms with Crippen molar-refractivity contribution in [2.45, 2.75) is 45.3 Å². The Bertz CT molecular complexity index is 1400. The summed E-state index contributed by atoms with van der Waals surface area (Å²) < 4.78 is 6.05. The van der Waals surface area contributed by atoms with Gasteiger partial charge in [0.25, 0.3) is 5.91 Å². The standard InChI is InChI=1S/C32H32Cl2N2O3/c1-3-22(2)35-32(38)29(19-23-11-5-4-6-12-23)36(20-26-27(33)16-10-17-28(26)34)31(37)21-39-30-18-9-14-24-13-7-8-15-25(24)30/h4-18,22,29H,3,19-21H2,1-2H3,(H,35,38). The Balaban J connectivity index is 1.69. The Morgan fingerprint density at radius 2 is 1.51 bits per heavy atom. The van der Waals surface area contributed by atoms with Crippen molar-refractivity contribution < 1.29 is 14.3 Å². The topological polar surface area (TPSA) is 58.6 Å². The van der Waals surface area contributed by atoms with Crippen molar-refractivity contribution in [3.05, 3.63) is 112 Å². The molecule has 202 valence electrons. The Labute approximate surface area is 239 Å². The highest BCUT2D eigenvalue weighted by molar-refractivity contribution is 6.36. The first-order chi connectivity index (χ1) is 18.9. The van der Waals surface area contributed by atoms with Gasteiger partial charge in [0.1, 0.15) is 11.8 Å². The van der Waals surface area contributed by atoms with Crippen molar-refractivity contribution in [3.63, 3.8) is 0 Å². The van der Waals surface area contributed by atoms with Crippen molar-refractivity contribution >= 4 is 45.8 Å². The second kappa shape index (κ2) is 13.5. The number of fused-ring (bicyclic) bond motifs is 1. The normalized spacial score (nSPS) is 12.5. The van der Waals surface area contributed by atoms with E-state index in [4.69, 9.17) is 27.9 Å². The summed E-state index contributed by atoms with van der Waals surface area (Å²) >= 11 is 13.0. The molecule has 0 saturated carbocycles. The first kappa shape index (κ1) is 28.5. The van der Waals surface area contributed by atoms with Crippen molar-refractivity contribution in [1.82, 2.24) is 10.2 Å². The van der Waals surface area contributed by atoms with Crippen LogP contribution in [0.4, 0.5) is 0 Å². The second-order valence-corrected chi connectivity index (χ2v) is 10.3. The summed E-state index contributed by atoms with van der Waals surface area (Å²) in [4.78, 5) is 29.1. The highest BCUT2D eigenvalue weighted by Crippen LogP contribution is 2.28. The number of nitrogens with one attached hydrogen (secondary N) is 1. The lowest BCUT2D eigenvalue weighted by molar-refractivity contribution is -0.143. The molecule has 4 rings (SSSR count). The lowest BCUT2D eigenvalue weighted by Crippen LogP contribution is -2.53. The fraction of sp³-hybridized carbons (Fsp3) is 0.250. The summed E-state index contributed by atoms with van der Waals surface area (Å²) in [7, 11) is 0. The van der Waals surface area contributed by atoms with Gasteiger partial charge < -0.3 is 15.0 Å². The number of carbonyl (C=O) groups excluding carboxylic acids is 2. The Kier molecular flexibility index (Phi) is 9.85. The van der Waals surface area contributed by atoms with E-state index in [1.807, 2.05) is 86.6 Å². The molecule has 0 saturated heterocycles. The average Bonchev–Trinajstić information content (AvgIpc) is 2.95. The highest BCUT2D eigenvalue weighted by Gasteiger charge is 2.32. The van der Waals surface area contributed by atoms with Crippen LogP contribution < -0.4 is 10.1 Å². The molecule has 0 spiro atoms. The molecule has 39 heavy (non-hydrogen) atoms. The number of carbonyl (C=O) groups is 2. The zero-order valence-electron chi connectivity index (χ0n) is 22.1. The number of hydrogen-bond donors (Lipinski definition) is 1. The summed E-state index contributed by atoms with van der Waals surface area (Å²) in [5.74, 6) is 0.00915. The van der Waals surface area contributed by atoms with Crippen LogP contribution >= 0.6 is 23.2 Å². The molecule has 0 aliphatic rings. The van der Waals surface area contributed by atoms with Crippen LogP contribution in [0.1, 0.15) is 31.4 Å². The lowest BCUT2D eigenvalue weighted by atomic mass is 10.0. The fourth-order valence-corrected chi connectivity index (χ4v) is 4.91. The van der Waals surface area contributed by atoms with E-state index in [2.05, 4.69) is 5.32 Å². The van der Waals surface area contributed by atoms with E-state index >= 15 is 0 Å². The Morgan fingerprint density at radius 1 is 0.872 bits per heavy atom. The molecule has 0 bridgehead atoms. The molecule has 0 aliphatic heterocycles. The number of nitrogens with zero attached hydrogens (tertiary/aromatic N) is 1. The summed E-state index contributed by atoms with van der Waals surface area (Å²) in [6.07, 6.45) is 1.09.